The Hall–Kier alpha value is -0.120. The average molecular weight is 231 g/mol. The third-order valence-corrected chi connectivity index (χ3v) is 2.72. The summed E-state index contributed by atoms with van der Waals surface area (Å²) in [5, 5.41) is 13.1. The number of hydrogen-bond donors (Lipinski definition) is 2. The Morgan fingerprint density at radius 3 is 2.50 bits per heavy atom. The normalized spacial score (nSPS) is 15.0. The third kappa shape index (κ3) is 9.13. The minimum absolute atomic E-state index is 0.372. The van der Waals surface area contributed by atoms with Gasteiger partial charge in [0.2, 0.25) is 0 Å². The third-order valence-electron chi connectivity index (χ3n) is 2.72. The molecule has 0 bridgehead atoms. The van der Waals surface area contributed by atoms with Crippen molar-refractivity contribution in [2.45, 2.75) is 65.0 Å². The number of unbranched alkanes of at least 4 members (excludes halogenated alkanes) is 1. The standard InChI is InChI=1S/C13H29NO2/c1-4-7-9-16-11-13(15)10-14-12(6-3)8-5-2/h12-15H,4-11H2,1-3H3. The Morgan fingerprint density at radius 1 is 1.19 bits per heavy atom. The molecule has 0 aromatic carbocycles. The highest BCUT2D eigenvalue weighted by atomic mass is 16.5. The van der Waals surface area contributed by atoms with Crippen LogP contribution in [0.2, 0.25) is 0 Å². The molecular weight excluding hydrogens is 202 g/mol. The van der Waals surface area contributed by atoms with Crippen LogP contribution >= 0.6 is 0 Å². The van der Waals surface area contributed by atoms with Crippen molar-refractivity contribution < 1.29 is 9.84 Å². The number of ether oxygens (including phenoxy) is 1. The zero-order chi connectivity index (χ0) is 12.2. The summed E-state index contributed by atoms with van der Waals surface area (Å²) in [4.78, 5) is 0. The summed E-state index contributed by atoms with van der Waals surface area (Å²) in [6.45, 7) is 8.37. The highest BCUT2D eigenvalue weighted by Crippen LogP contribution is 2.00. The quantitative estimate of drug-likeness (QED) is 0.536. The van der Waals surface area contributed by atoms with E-state index >= 15 is 0 Å². The molecule has 3 nitrogen and oxygen atoms in total. The van der Waals surface area contributed by atoms with Gasteiger partial charge in [0.25, 0.3) is 0 Å². The second-order valence-electron chi connectivity index (χ2n) is 4.38. The van der Waals surface area contributed by atoms with Crippen LogP contribution in [0.3, 0.4) is 0 Å². The number of rotatable bonds is 11. The van der Waals surface area contributed by atoms with E-state index in [2.05, 4.69) is 26.1 Å². The maximum absolute atomic E-state index is 9.67. The van der Waals surface area contributed by atoms with Crippen LogP contribution in [0.15, 0.2) is 0 Å². The van der Waals surface area contributed by atoms with Gasteiger partial charge in [-0.3, -0.25) is 0 Å². The first kappa shape index (κ1) is 15.9. The zero-order valence-corrected chi connectivity index (χ0v) is 11.2. The van der Waals surface area contributed by atoms with Gasteiger partial charge in [-0.1, -0.05) is 33.6 Å². The maximum Gasteiger partial charge on any atom is 0.0897 e. The van der Waals surface area contributed by atoms with Gasteiger partial charge >= 0.3 is 0 Å². The van der Waals surface area contributed by atoms with Crippen LogP contribution in [-0.4, -0.2) is 37.0 Å². The lowest BCUT2D eigenvalue weighted by Gasteiger charge is -2.18. The average Bonchev–Trinajstić information content (AvgIpc) is 2.30. The van der Waals surface area contributed by atoms with Crippen molar-refractivity contribution in [3.05, 3.63) is 0 Å². The SMILES string of the molecule is CCCCOCC(O)CNC(CC)CCC. The molecular formula is C13H29NO2. The monoisotopic (exact) mass is 231 g/mol. The number of hydrogen-bond acceptors (Lipinski definition) is 3. The molecule has 0 spiro atoms. The van der Waals surface area contributed by atoms with Gasteiger partial charge in [-0.25, -0.2) is 0 Å². The molecule has 0 saturated heterocycles. The molecule has 0 saturated carbocycles. The number of aliphatic hydroxyl groups is 1. The van der Waals surface area contributed by atoms with Crippen LogP contribution in [0.25, 0.3) is 0 Å². The van der Waals surface area contributed by atoms with E-state index in [1.807, 2.05) is 0 Å². The van der Waals surface area contributed by atoms with E-state index in [1.54, 1.807) is 0 Å². The highest BCUT2D eigenvalue weighted by Gasteiger charge is 2.08. The van der Waals surface area contributed by atoms with Crippen molar-refractivity contribution in [3.63, 3.8) is 0 Å². The molecule has 2 atom stereocenters. The topological polar surface area (TPSA) is 41.5 Å². The first-order valence-electron chi connectivity index (χ1n) is 6.73. The molecule has 0 aliphatic rings. The predicted octanol–water partition coefficient (Wildman–Crippen LogP) is 2.33. The van der Waals surface area contributed by atoms with Gasteiger partial charge in [0.15, 0.2) is 0 Å². The van der Waals surface area contributed by atoms with Gasteiger partial charge in [0, 0.05) is 19.2 Å². The second-order valence-corrected chi connectivity index (χ2v) is 4.38. The first-order chi connectivity index (χ1) is 7.74. The summed E-state index contributed by atoms with van der Waals surface area (Å²) in [6, 6.07) is 0.537. The van der Waals surface area contributed by atoms with Crippen molar-refractivity contribution in [1.29, 1.82) is 0 Å². The van der Waals surface area contributed by atoms with Crippen molar-refractivity contribution in [1.82, 2.24) is 5.32 Å². The molecule has 0 amide bonds. The summed E-state index contributed by atoms with van der Waals surface area (Å²) in [5.41, 5.74) is 0. The summed E-state index contributed by atoms with van der Waals surface area (Å²) < 4.78 is 5.37. The minimum atomic E-state index is -0.372. The molecule has 3 heteroatoms. The lowest BCUT2D eigenvalue weighted by atomic mass is 10.1. The summed E-state index contributed by atoms with van der Waals surface area (Å²) in [5.74, 6) is 0. The molecule has 16 heavy (non-hydrogen) atoms. The maximum atomic E-state index is 9.67. The summed E-state index contributed by atoms with van der Waals surface area (Å²) in [6.07, 6.45) is 5.34. The van der Waals surface area contributed by atoms with Gasteiger partial charge in [-0.15, -0.1) is 0 Å². The molecule has 2 N–H and O–H groups in total. The lowest BCUT2D eigenvalue weighted by molar-refractivity contribution is 0.0344. The van der Waals surface area contributed by atoms with E-state index in [0.29, 0.717) is 19.2 Å². The van der Waals surface area contributed by atoms with Crippen molar-refractivity contribution in [3.8, 4) is 0 Å². The molecule has 0 aromatic rings. The predicted molar refractivity (Wildman–Crippen MR) is 68.7 cm³/mol. The van der Waals surface area contributed by atoms with Crippen LogP contribution in [0.5, 0.6) is 0 Å². The zero-order valence-electron chi connectivity index (χ0n) is 11.2. The Morgan fingerprint density at radius 2 is 1.94 bits per heavy atom. The Labute approximate surface area is 101 Å². The van der Waals surface area contributed by atoms with Gasteiger partial charge < -0.3 is 15.2 Å². The fourth-order valence-electron chi connectivity index (χ4n) is 1.63. The van der Waals surface area contributed by atoms with E-state index in [0.717, 1.165) is 25.9 Å². The molecule has 0 aliphatic carbocycles. The molecule has 0 aromatic heterocycles. The molecule has 0 heterocycles. The molecule has 98 valence electrons. The summed E-state index contributed by atoms with van der Waals surface area (Å²) in [7, 11) is 0. The van der Waals surface area contributed by atoms with Crippen molar-refractivity contribution >= 4 is 0 Å². The van der Waals surface area contributed by atoms with E-state index in [9.17, 15) is 5.11 Å². The van der Waals surface area contributed by atoms with Crippen LogP contribution in [0.4, 0.5) is 0 Å². The smallest absolute Gasteiger partial charge is 0.0897 e. The van der Waals surface area contributed by atoms with Gasteiger partial charge in [0.05, 0.1) is 12.7 Å². The van der Waals surface area contributed by atoms with Crippen LogP contribution < -0.4 is 5.32 Å². The molecule has 0 aliphatic heterocycles. The summed E-state index contributed by atoms with van der Waals surface area (Å²) >= 11 is 0. The van der Waals surface area contributed by atoms with Crippen LogP contribution in [0.1, 0.15) is 52.9 Å². The minimum Gasteiger partial charge on any atom is -0.389 e. The van der Waals surface area contributed by atoms with Crippen molar-refractivity contribution in [2.24, 2.45) is 0 Å². The van der Waals surface area contributed by atoms with Crippen LogP contribution in [-0.2, 0) is 4.74 Å². The van der Waals surface area contributed by atoms with Gasteiger partial charge in [0.1, 0.15) is 0 Å². The number of nitrogens with one attached hydrogen (secondary N) is 1. The fraction of sp³-hybridized carbons (Fsp3) is 1.00. The lowest BCUT2D eigenvalue weighted by Crippen LogP contribution is -2.37. The largest absolute Gasteiger partial charge is 0.389 e. The molecule has 0 fully saturated rings. The fourth-order valence-corrected chi connectivity index (χ4v) is 1.63. The number of aliphatic hydroxyl groups excluding tert-OH is 1. The van der Waals surface area contributed by atoms with E-state index in [1.165, 1.54) is 12.8 Å². The first-order valence-corrected chi connectivity index (χ1v) is 6.73. The van der Waals surface area contributed by atoms with E-state index in [4.69, 9.17) is 4.74 Å². The molecule has 0 radical (unpaired) electrons. The van der Waals surface area contributed by atoms with Gasteiger partial charge in [-0.2, -0.15) is 0 Å². The molecule has 0 rings (SSSR count). The highest BCUT2D eigenvalue weighted by molar-refractivity contribution is 4.67. The van der Waals surface area contributed by atoms with Crippen molar-refractivity contribution in [2.75, 3.05) is 19.8 Å². The van der Waals surface area contributed by atoms with Gasteiger partial charge in [-0.05, 0) is 19.3 Å². The van der Waals surface area contributed by atoms with E-state index < -0.39 is 0 Å². The Kier molecular flexibility index (Phi) is 11.3. The van der Waals surface area contributed by atoms with E-state index in [-0.39, 0.29) is 6.10 Å². The Balaban J connectivity index is 3.43. The van der Waals surface area contributed by atoms with Crippen LogP contribution in [0, 0.1) is 0 Å². The Bertz CT molecular complexity index is 142. The second kappa shape index (κ2) is 11.4. The molecule has 2 unspecified atom stereocenters.